The Kier molecular flexibility index (Phi) is 2.87. The summed E-state index contributed by atoms with van der Waals surface area (Å²) in [5, 5.41) is 4.32. The molecule has 1 spiro atoms. The third-order valence-electron chi connectivity index (χ3n) is 4.47. The van der Waals surface area contributed by atoms with E-state index in [9.17, 15) is 0 Å². The molecular weight excluding hydrogens is 244 g/mol. The molecule has 0 amide bonds. The molecule has 2 heterocycles. The van der Waals surface area contributed by atoms with E-state index in [1.807, 2.05) is 6.07 Å². The first-order chi connectivity index (χ1) is 8.59. The summed E-state index contributed by atoms with van der Waals surface area (Å²) in [5.74, 6) is 0. The van der Waals surface area contributed by atoms with Crippen molar-refractivity contribution >= 4 is 17.3 Å². The molecule has 0 bridgehead atoms. The summed E-state index contributed by atoms with van der Waals surface area (Å²) < 4.78 is 0. The lowest BCUT2D eigenvalue weighted by atomic mass is 9.69. The van der Waals surface area contributed by atoms with Gasteiger partial charge in [0.15, 0.2) is 0 Å². The van der Waals surface area contributed by atoms with Gasteiger partial charge < -0.3 is 10.2 Å². The zero-order valence-electron chi connectivity index (χ0n) is 10.8. The number of hydrogen-bond donors (Lipinski definition) is 1. The third kappa shape index (κ3) is 1.94. The lowest BCUT2D eigenvalue weighted by Gasteiger charge is -2.45. The fourth-order valence-electron chi connectivity index (χ4n) is 3.12. The standard InChI is InChI=1S/C15H19ClN2/c1-11-15(5-7-18(2)8-6-15)10-12-9-13(16)3-4-14(12)17-11/h3-4,9,17H,1,5-8,10H2,2H3. The van der Waals surface area contributed by atoms with Crippen molar-refractivity contribution in [3.8, 4) is 0 Å². The molecule has 2 aliphatic heterocycles. The number of anilines is 1. The van der Waals surface area contributed by atoms with Crippen molar-refractivity contribution < 1.29 is 0 Å². The molecule has 18 heavy (non-hydrogen) atoms. The minimum Gasteiger partial charge on any atom is -0.359 e. The van der Waals surface area contributed by atoms with Crippen molar-refractivity contribution in [3.05, 3.63) is 41.1 Å². The Morgan fingerprint density at radius 2 is 2.06 bits per heavy atom. The monoisotopic (exact) mass is 262 g/mol. The van der Waals surface area contributed by atoms with Gasteiger partial charge in [-0.2, -0.15) is 0 Å². The zero-order valence-corrected chi connectivity index (χ0v) is 11.6. The van der Waals surface area contributed by atoms with Crippen molar-refractivity contribution in [2.45, 2.75) is 19.3 Å². The normalized spacial score (nSPS) is 22.7. The highest BCUT2D eigenvalue weighted by Gasteiger charge is 2.39. The summed E-state index contributed by atoms with van der Waals surface area (Å²) in [7, 11) is 2.19. The number of piperidine rings is 1. The van der Waals surface area contributed by atoms with Gasteiger partial charge in [-0.1, -0.05) is 18.2 Å². The van der Waals surface area contributed by atoms with Crippen LogP contribution in [0.4, 0.5) is 5.69 Å². The number of hydrogen-bond acceptors (Lipinski definition) is 2. The molecule has 1 aromatic carbocycles. The lowest BCUT2D eigenvalue weighted by Crippen LogP contribution is -2.43. The van der Waals surface area contributed by atoms with E-state index in [4.69, 9.17) is 11.6 Å². The molecule has 2 aliphatic rings. The highest BCUT2D eigenvalue weighted by atomic mass is 35.5. The van der Waals surface area contributed by atoms with Crippen LogP contribution in [0.5, 0.6) is 0 Å². The Morgan fingerprint density at radius 3 is 2.78 bits per heavy atom. The van der Waals surface area contributed by atoms with E-state index in [1.54, 1.807) is 0 Å². The maximum Gasteiger partial charge on any atom is 0.0415 e. The molecule has 0 atom stereocenters. The molecule has 0 aliphatic carbocycles. The van der Waals surface area contributed by atoms with Crippen LogP contribution >= 0.6 is 11.6 Å². The maximum atomic E-state index is 6.11. The van der Waals surface area contributed by atoms with E-state index >= 15 is 0 Å². The summed E-state index contributed by atoms with van der Waals surface area (Å²) >= 11 is 6.11. The van der Waals surface area contributed by atoms with Crippen molar-refractivity contribution in [1.29, 1.82) is 0 Å². The predicted molar refractivity (Wildman–Crippen MR) is 77.1 cm³/mol. The van der Waals surface area contributed by atoms with Crippen LogP contribution < -0.4 is 5.32 Å². The zero-order chi connectivity index (χ0) is 12.8. The molecule has 3 heteroatoms. The van der Waals surface area contributed by atoms with E-state index in [-0.39, 0.29) is 5.41 Å². The number of nitrogens with zero attached hydrogens (tertiary/aromatic N) is 1. The highest BCUT2D eigenvalue weighted by molar-refractivity contribution is 6.30. The van der Waals surface area contributed by atoms with Crippen LogP contribution in [-0.2, 0) is 6.42 Å². The van der Waals surface area contributed by atoms with Gasteiger partial charge in [-0.3, -0.25) is 0 Å². The SMILES string of the molecule is C=C1Nc2ccc(Cl)cc2CC12CCN(C)CC2. The fraction of sp³-hybridized carbons (Fsp3) is 0.467. The minimum absolute atomic E-state index is 0.226. The third-order valence-corrected chi connectivity index (χ3v) is 4.70. The van der Waals surface area contributed by atoms with Crippen LogP contribution in [0.15, 0.2) is 30.5 Å². The number of allylic oxidation sites excluding steroid dienone is 1. The van der Waals surface area contributed by atoms with Gasteiger partial charge in [-0.15, -0.1) is 0 Å². The Balaban J connectivity index is 1.93. The molecule has 0 aromatic heterocycles. The van der Waals surface area contributed by atoms with Gasteiger partial charge in [0.25, 0.3) is 0 Å². The van der Waals surface area contributed by atoms with Gasteiger partial charge in [-0.05, 0) is 63.2 Å². The van der Waals surface area contributed by atoms with Gasteiger partial charge in [-0.25, -0.2) is 0 Å². The first kappa shape index (κ1) is 12.1. The molecule has 1 N–H and O–H groups in total. The Bertz CT molecular complexity index is 487. The average molecular weight is 263 g/mol. The number of benzene rings is 1. The van der Waals surface area contributed by atoms with E-state index in [0.29, 0.717) is 0 Å². The largest absolute Gasteiger partial charge is 0.359 e. The molecule has 1 fully saturated rings. The molecule has 3 rings (SSSR count). The second-order valence-corrected chi connectivity index (χ2v) is 6.10. The molecule has 2 nitrogen and oxygen atoms in total. The minimum atomic E-state index is 0.226. The molecule has 0 radical (unpaired) electrons. The van der Waals surface area contributed by atoms with Crippen LogP contribution in [0.3, 0.4) is 0 Å². The second-order valence-electron chi connectivity index (χ2n) is 5.67. The average Bonchev–Trinajstić information content (AvgIpc) is 2.35. The van der Waals surface area contributed by atoms with E-state index < -0.39 is 0 Å². The van der Waals surface area contributed by atoms with Crippen LogP contribution in [0.2, 0.25) is 5.02 Å². The fourth-order valence-corrected chi connectivity index (χ4v) is 3.32. The van der Waals surface area contributed by atoms with Crippen LogP contribution in [0.25, 0.3) is 0 Å². The molecule has 0 saturated carbocycles. The number of rotatable bonds is 0. The topological polar surface area (TPSA) is 15.3 Å². The molecule has 1 aromatic rings. The van der Waals surface area contributed by atoms with Crippen LogP contribution in [0, 0.1) is 5.41 Å². The van der Waals surface area contributed by atoms with Gasteiger partial charge in [0, 0.05) is 21.8 Å². The van der Waals surface area contributed by atoms with E-state index in [2.05, 4.69) is 36.0 Å². The van der Waals surface area contributed by atoms with Gasteiger partial charge >= 0.3 is 0 Å². The van der Waals surface area contributed by atoms with E-state index in [1.165, 1.54) is 29.8 Å². The van der Waals surface area contributed by atoms with E-state index in [0.717, 1.165) is 24.5 Å². The number of fused-ring (bicyclic) bond motifs is 1. The Labute approximate surface area is 114 Å². The van der Waals surface area contributed by atoms with Gasteiger partial charge in [0.05, 0.1) is 0 Å². The number of nitrogens with one attached hydrogen (secondary N) is 1. The van der Waals surface area contributed by atoms with Crippen LogP contribution in [0.1, 0.15) is 18.4 Å². The summed E-state index contributed by atoms with van der Waals surface area (Å²) in [5.41, 5.74) is 3.92. The molecule has 96 valence electrons. The van der Waals surface area contributed by atoms with Crippen molar-refractivity contribution in [2.75, 3.05) is 25.5 Å². The van der Waals surface area contributed by atoms with Gasteiger partial charge in [0.2, 0.25) is 0 Å². The molecule has 0 unspecified atom stereocenters. The quantitative estimate of drug-likeness (QED) is 0.769. The Hall–Kier alpha value is -0.990. The number of likely N-dealkylation sites (tertiary alicyclic amines) is 1. The summed E-state index contributed by atoms with van der Waals surface area (Å²) in [4.78, 5) is 2.39. The first-order valence-corrected chi connectivity index (χ1v) is 6.90. The maximum absolute atomic E-state index is 6.11. The molecule has 1 saturated heterocycles. The Morgan fingerprint density at radius 1 is 1.33 bits per heavy atom. The smallest absolute Gasteiger partial charge is 0.0415 e. The highest BCUT2D eigenvalue weighted by Crippen LogP contribution is 2.46. The molecular formula is C15H19ClN2. The first-order valence-electron chi connectivity index (χ1n) is 6.52. The van der Waals surface area contributed by atoms with Gasteiger partial charge in [0.1, 0.15) is 0 Å². The van der Waals surface area contributed by atoms with Crippen molar-refractivity contribution in [2.24, 2.45) is 5.41 Å². The predicted octanol–water partition coefficient (Wildman–Crippen LogP) is 3.53. The summed E-state index contributed by atoms with van der Waals surface area (Å²) in [6, 6.07) is 6.09. The summed E-state index contributed by atoms with van der Waals surface area (Å²) in [6.45, 7) is 6.57. The number of halogens is 1. The van der Waals surface area contributed by atoms with Crippen molar-refractivity contribution in [1.82, 2.24) is 4.90 Å². The lowest BCUT2D eigenvalue weighted by molar-refractivity contribution is 0.153. The summed E-state index contributed by atoms with van der Waals surface area (Å²) in [6.07, 6.45) is 3.44. The second kappa shape index (κ2) is 4.29. The van der Waals surface area contributed by atoms with Crippen molar-refractivity contribution in [3.63, 3.8) is 0 Å². The van der Waals surface area contributed by atoms with Crippen LogP contribution in [-0.4, -0.2) is 25.0 Å².